The van der Waals surface area contributed by atoms with E-state index < -0.39 is 5.78 Å². The Labute approximate surface area is 150 Å². The molecular weight excluding hydrogens is 338 g/mol. The van der Waals surface area contributed by atoms with Crippen molar-refractivity contribution in [1.29, 1.82) is 0 Å². The second kappa shape index (κ2) is 8.11. The zero-order valence-corrected chi connectivity index (χ0v) is 15.0. The Morgan fingerprint density at radius 1 is 1.08 bits per heavy atom. The fourth-order valence-corrected chi connectivity index (χ4v) is 2.42. The Bertz CT molecular complexity index is 827. The number of anilines is 1. The van der Waals surface area contributed by atoms with Crippen molar-refractivity contribution in [3.63, 3.8) is 0 Å². The zero-order chi connectivity index (χ0) is 19.3. The average Bonchev–Trinajstić information content (AvgIpc) is 2.64. The molecule has 0 atom stereocenters. The summed E-state index contributed by atoms with van der Waals surface area (Å²) in [6.45, 7) is 4.78. The zero-order valence-electron chi connectivity index (χ0n) is 15.0. The Hall–Kier alpha value is -3.42. The summed E-state index contributed by atoms with van der Waals surface area (Å²) in [5.74, 6) is 0.495. The van der Waals surface area contributed by atoms with Crippen molar-refractivity contribution in [3.05, 3.63) is 35.2 Å². The van der Waals surface area contributed by atoms with E-state index in [1.54, 1.807) is 12.1 Å². The van der Waals surface area contributed by atoms with Crippen molar-refractivity contribution < 1.29 is 23.8 Å². The maximum Gasteiger partial charge on any atom is 0.207 e. The van der Waals surface area contributed by atoms with Gasteiger partial charge in [0.15, 0.2) is 11.5 Å². The van der Waals surface area contributed by atoms with Crippen molar-refractivity contribution in [2.75, 3.05) is 26.6 Å². The van der Waals surface area contributed by atoms with Gasteiger partial charge in [-0.15, -0.1) is 0 Å². The van der Waals surface area contributed by atoms with E-state index >= 15 is 0 Å². The molecule has 8 nitrogen and oxygen atoms in total. The largest absolute Gasteiger partial charge is 0.493 e. The monoisotopic (exact) mass is 357 g/mol. The van der Waals surface area contributed by atoms with Gasteiger partial charge in [0.1, 0.15) is 12.0 Å². The van der Waals surface area contributed by atoms with Crippen LogP contribution in [0.25, 0.3) is 0 Å². The Morgan fingerprint density at radius 3 is 2.19 bits per heavy atom. The van der Waals surface area contributed by atoms with Crippen LogP contribution in [0.3, 0.4) is 0 Å². The predicted octanol–water partition coefficient (Wildman–Crippen LogP) is 2.16. The minimum Gasteiger partial charge on any atom is -0.493 e. The lowest BCUT2D eigenvalue weighted by molar-refractivity contribution is -0.115. The molecule has 0 spiro atoms. The van der Waals surface area contributed by atoms with Gasteiger partial charge in [0.2, 0.25) is 17.3 Å². The van der Waals surface area contributed by atoms with E-state index in [1.807, 2.05) is 0 Å². The number of ether oxygens (including phenoxy) is 3. The summed E-state index contributed by atoms with van der Waals surface area (Å²) < 4.78 is 15.8. The number of hydrogen-bond donors (Lipinski definition) is 1. The molecule has 0 aliphatic heterocycles. The van der Waals surface area contributed by atoms with Crippen LogP contribution >= 0.6 is 0 Å². The predicted molar refractivity (Wildman–Crippen MR) is 98.6 cm³/mol. The molecular formula is C18H19N3O5. The molecule has 0 bridgehead atoms. The third-order valence-corrected chi connectivity index (χ3v) is 3.66. The second-order valence-corrected chi connectivity index (χ2v) is 5.19. The molecule has 0 aromatic heterocycles. The topological polar surface area (TPSA) is 98.6 Å². The molecule has 136 valence electrons. The van der Waals surface area contributed by atoms with Gasteiger partial charge >= 0.3 is 0 Å². The number of methoxy groups -OCH3 is 3. The first-order valence-corrected chi connectivity index (χ1v) is 7.53. The molecule has 0 saturated heterocycles. The molecule has 8 heteroatoms. The maximum atomic E-state index is 12.5. The summed E-state index contributed by atoms with van der Waals surface area (Å²) in [5.41, 5.74) is 0.872. The summed E-state index contributed by atoms with van der Waals surface area (Å²) in [4.78, 5) is 32.1. The highest BCUT2D eigenvalue weighted by Crippen LogP contribution is 2.40. The number of nitrogens with zero attached hydrogens (tertiary/aromatic N) is 2. The van der Waals surface area contributed by atoms with Gasteiger partial charge in [-0.25, -0.2) is 4.99 Å². The quantitative estimate of drug-likeness (QED) is 0.456. The summed E-state index contributed by atoms with van der Waals surface area (Å²) in [5, 5.41) is 2.92. The van der Waals surface area contributed by atoms with Crippen molar-refractivity contribution in [2.45, 2.75) is 6.92 Å². The number of nitrogens with one attached hydrogen (secondary N) is 1. The Balaban J connectivity index is 2.38. The van der Waals surface area contributed by atoms with E-state index in [2.05, 4.69) is 22.0 Å². The van der Waals surface area contributed by atoms with Crippen molar-refractivity contribution in [3.8, 4) is 17.2 Å². The van der Waals surface area contributed by atoms with Crippen LogP contribution < -0.4 is 19.5 Å². The smallest absolute Gasteiger partial charge is 0.207 e. The van der Waals surface area contributed by atoms with Crippen LogP contribution in [0.15, 0.2) is 45.2 Å². The first kappa shape index (κ1) is 18.9. The molecule has 1 aromatic rings. The Morgan fingerprint density at radius 2 is 1.69 bits per heavy atom. The second-order valence-electron chi connectivity index (χ2n) is 5.19. The number of Topliss-reactive ketones (excluding diaryl/α,β-unsaturated/α-hetero) is 1. The molecule has 1 aliphatic rings. The van der Waals surface area contributed by atoms with Gasteiger partial charge in [-0.2, -0.15) is 0 Å². The van der Waals surface area contributed by atoms with E-state index in [0.717, 1.165) is 6.34 Å². The molecule has 0 radical (unpaired) electrons. The number of carbonyl (C=O) groups is 2. The van der Waals surface area contributed by atoms with Gasteiger partial charge in [-0.3, -0.25) is 14.6 Å². The van der Waals surface area contributed by atoms with Gasteiger partial charge in [0.05, 0.1) is 27.0 Å². The van der Waals surface area contributed by atoms with E-state index in [4.69, 9.17) is 14.2 Å². The fourth-order valence-electron chi connectivity index (χ4n) is 2.42. The highest BCUT2D eigenvalue weighted by atomic mass is 16.5. The van der Waals surface area contributed by atoms with Gasteiger partial charge in [-0.05, 0) is 13.6 Å². The van der Waals surface area contributed by atoms with Crippen LogP contribution in [-0.2, 0) is 9.59 Å². The number of hydrogen-bond acceptors (Lipinski definition) is 7. The molecule has 1 aromatic carbocycles. The number of ketones is 2. The van der Waals surface area contributed by atoms with E-state index in [1.165, 1.54) is 34.3 Å². The molecule has 0 unspecified atom stereocenters. The molecule has 1 aliphatic carbocycles. The molecule has 0 saturated carbocycles. The van der Waals surface area contributed by atoms with Crippen LogP contribution in [0.2, 0.25) is 0 Å². The number of rotatable bonds is 7. The Kier molecular flexibility index (Phi) is 5.90. The molecule has 2 rings (SSSR count). The van der Waals surface area contributed by atoms with E-state index in [0.29, 0.717) is 22.9 Å². The average molecular weight is 357 g/mol. The highest BCUT2D eigenvalue weighted by molar-refractivity contribution is 6.23. The molecule has 0 amide bonds. The van der Waals surface area contributed by atoms with Gasteiger partial charge in [0, 0.05) is 29.5 Å². The molecule has 26 heavy (non-hydrogen) atoms. The standard InChI is InChI=1S/C18H19N3O5/c1-10-16(20-9-19-2)13(22)8-12(17(10)23)21-11-6-14(24-3)18(26-5)15(7-11)25-4/h6-9,21H,2H2,1,3-5H3/b20-9-. The third kappa shape index (κ3) is 3.64. The highest BCUT2D eigenvalue weighted by Gasteiger charge is 2.26. The van der Waals surface area contributed by atoms with Gasteiger partial charge in [-0.1, -0.05) is 0 Å². The first-order chi connectivity index (χ1) is 12.5. The lowest BCUT2D eigenvalue weighted by Gasteiger charge is -2.18. The van der Waals surface area contributed by atoms with Crippen LogP contribution in [0.4, 0.5) is 5.69 Å². The number of allylic oxidation sites excluding steroid dienone is 2. The summed E-state index contributed by atoms with van der Waals surface area (Å²) in [6, 6.07) is 3.27. The SMILES string of the molecule is C=N/C=N\C1=C(C)C(=O)C(Nc2cc(OC)c(OC)c(OC)c2)=CC1=O. The van der Waals surface area contributed by atoms with E-state index in [9.17, 15) is 9.59 Å². The van der Waals surface area contributed by atoms with Crippen LogP contribution in [0.1, 0.15) is 6.92 Å². The lowest BCUT2D eigenvalue weighted by atomic mass is 9.98. The first-order valence-electron chi connectivity index (χ1n) is 7.53. The van der Waals surface area contributed by atoms with Crippen molar-refractivity contribution >= 4 is 30.3 Å². The van der Waals surface area contributed by atoms with E-state index in [-0.39, 0.29) is 22.8 Å². The molecule has 0 fully saturated rings. The third-order valence-electron chi connectivity index (χ3n) is 3.66. The number of carbonyl (C=O) groups excluding carboxylic acids is 2. The number of aliphatic imine (C=N–C) groups is 2. The summed E-state index contributed by atoms with van der Waals surface area (Å²) in [7, 11) is 4.47. The maximum absolute atomic E-state index is 12.5. The fraction of sp³-hybridized carbons (Fsp3) is 0.222. The lowest BCUT2D eigenvalue weighted by Crippen LogP contribution is -2.21. The van der Waals surface area contributed by atoms with Gasteiger partial charge < -0.3 is 19.5 Å². The summed E-state index contributed by atoms with van der Waals surface area (Å²) >= 11 is 0. The minimum absolute atomic E-state index is 0.0397. The molecule has 0 heterocycles. The van der Waals surface area contributed by atoms with Crippen LogP contribution in [-0.4, -0.2) is 46.0 Å². The van der Waals surface area contributed by atoms with Crippen molar-refractivity contribution in [2.24, 2.45) is 9.98 Å². The summed E-state index contributed by atoms with van der Waals surface area (Å²) in [6.07, 6.45) is 2.31. The minimum atomic E-state index is -0.406. The van der Waals surface area contributed by atoms with Gasteiger partial charge in [0.25, 0.3) is 0 Å². The molecule has 1 N–H and O–H groups in total. The van der Waals surface area contributed by atoms with Crippen LogP contribution in [0, 0.1) is 0 Å². The van der Waals surface area contributed by atoms with Crippen molar-refractivity contribution in [1.82, 2.24) is 0 Å². The number of benzene rings is 1. The normalized spacial score (nSPS) is 14.4. The van der Waals surface area contributed by atoms with Crippen LogP contribution in [0.5, 0.6) is 17.2 Å².